The summed E-state index contributed by atoms with van der Waals surface area (Å²) < 4.78 is 0. The standard InChI is InChI=1S/C10H20N2O/c1-8(13)4-5-12-7-9-2-3-10(12)6-11-9/h8-11,13H,2-7H2,1H3. The number of fused-ring (bicyclic) bond motifs is 3. The van der Waals surface area contributed by atoms with E-state index in [2.05, 4.69) is 10.2 Å². The molecule has 0 aromatic heterocycles. The van der Waals surface area contributed by atoms with Gasteiger partial charge >= 0.3 is 0 Å². The van der Waals surface area contributed by atoms with Gasteiger partial charge in [-0.25, -0.2) is 0 Å². The van der Waals surface area contributed by atoms with Crippen molar-refractivity contribution in [3.63, 3.8) is 0 Å². The normalized spacial score (nSPS) is 36.5. The zero-order valence-electron chi connectivity index (χ0n) is 8.37. The number of nitrogens with zero attached hydrogens (tertiary/aromatic N) is 1. The quantitative estimate of drug-likeness (QED) is 0.657. The number of aliphatic hydroxyl groups is 1. The van der Waals surface area contributed by atoms with E-state index in [4.69, 9.17) is 0 Å². The maximum atomic E-state index is 9.21. The summed E-state index contributed by atoms with van der Waals surface area (Å²) in [6.07, 6.45) is 3.46. The van der Waals surface area contributed by atoms with E-state index in [9.17, 15) is 5.11 Å². The molecule has 2 bridgehead atoms. The van der Waals surface area contributed by atoms with Crippen LogP contribution in [0.1, 0.15) is 26.2 Å². The van der Waals surface area contributed by atoms with Gasteiger partial charge in [0.2, 0.25) is 0 Å². The van der Waals surface area contributed by atoms with E-state index in [0.717, 1.165) is 31.6 Å². The molecule has 0 aromatic carbocycles. The highest BCUT2D eigenvalue weighted by Gasteiger charge is 2.32. The topological polar surface area (TPSA) is 35.5 Å². The van der Waals surface area contributed by atoms with Gasteiger partial charge in [-0.15, -0.1) is 0 Å². The van der Waals surface area contributed by atoms with Gasteiger partial charge in [0.05, 0.1) is 6.10 Å². The van der Waals surface area contributed by atoms with Crippen molar-refractivity contribution in [3.05, 3.63) is 0 Å². The maximum absolute atomic E-state index is 9.21. The van der Waals surface area contributed by atoms with Crippen molar-refractivity contribution in [2.45, 2.75) is 44.4 Å². The van der Waals surface area contributed by atoms with Gasteiger partial charge in [-0.3, -0.25) is 4.90 Å². The molecule has 2 N–H and O–H groups in total. The van der Waals surface area contributed by atoms with E-state index >= 15 is 0 Å². The molecule has 13 heavy (non-hydrogen) atoms. The Labute approximate surface area is 80.1 Å². The van der Waals surface area contributed by atoms with Crippen LogP contribution in [0, 0.1) is 0 Å². The summed E-state index contributed by atoms with van der Waals surface area (Å²) in [6.45, 7) is 5.29. The average molecular weight is 184 g/mol. The molecule has 3 rings (SSSR count). The first-order chi connectivity index (χ1) is 6.25. The second-order valence-electron chi connectivity index (χ2n) is 4.47. The number of piperazine rings is 1. The van der Waals surface area contributed by atoms with E-state index in [1.165, 1.54) is 19.4 Å². The Kier molecular flexibility index (Phi) is 2.86. The number of hydrogen-bond acceptors (Lipinski definition) is 3. The Morgan fingerprint density at radius 3 is 2.85 bits per heavy atom. The molecule has 3 atom stereocenters. The lowest BCUT2D eigenvalue weighted by atomic mass is 9.93. The van der Waals surface area contributed by atoms with Crippen molar-refractivity contribution in [3.8, 4) is 0 Å². The first-order valence-electron chi connectivity index (χ1n) is 5.41. The van der Waals surface area contributed by atoms with Gasteiger partial charge in [-0.05, 0) is 26.2 Å². The summed E-state index contributed by atoms with van der Waals surface area (Å²) in [5, 5.41) is 12.7. The minimum Gasteiger partial charge on any atom is -0.393 e. The summed E-state index contributed by atoms with van der Waals surface area (Å²) in [5.74, 6) is 0. The lowest BCUT2D eigenvalue weighted by molar-refractivity contribution is 0.0596. The lowest BCUT2D eigenvalue weighted by Crippen LogP contribution is -2.61. The molecular formula is C10H20N2O. The van der Waals surface area contributed by atoms with Crippen LogP contribution in [0.4, 0.5) is 0 Å². The Morgan fingerprint density at radius 2 is 2.38 bits per heavy atom. The zero-order chi connectivity index (χ0) is 9.26. The van der Waals surface area contributed by atoms with Gasteiger partial charge in [0, 0.05) is 31.7 Å². The molecule has 3 nitrogen and oxygen atoms in total. The van der Waals surface area contributed by atoms with Crippen LogP contribution in [0.5, 0.6) is 0 Å². The van der Waals surface area contributed by atoms with E-state index in [1.54, 1.807) is 0 Å². The van der Waals surface area contributed by atoms with Crippen LogP contribution in [0.25, 0.3) is 0 Å². The third-order valence-corrected chi connectivity index (χ3v) is 3.30. The summed E-state index contributed by atoms with van der Waals surface area (Å²) in [6, 6.07) is 1.46. The van der Waals surface area contributed by atoms with Crippen LogP contribution in [0.2, 0.25) is 0 Å². The van der Waals surface area contributed by atoms with Crippen molar-refractivity contribution >= 4 is 0 Å². The fraction of sp³-hybridized carbons (Fsp3) is 1.00. The molecule has 3 saturated heterocycles. The highest BCUT2D eigenvalue weighted by molar-refractivity contribution is 4.92. The summed E-state index contributed by atoms with van der Waals surface area (Å²) in [5.41, 5.74) is 0. The van der Waals surface area contributed by atoms with Crippen LogP contribution >= 0.6 is 0 Å². The minimum absolute atomic E-state index is 0.145. The van der Waals surface area contributed by atoms with Gasteiger partial charge in [0.25, 0.3) is 0 Å². The van der Waals surface area contributed by atoms with Crippen LogP contribution in [0.15, 0.2) is 0 Å². The second-order valence-corrected chi connectivity index (χ2v) is 4.47. The van der Waals surface area contributed by atoms with E-state index in [0.29, 0.717) is 0 Å². The van der Waals surface area contributed by atoms with Gasteiger partial charge in [0.15, 0.2) is 0 Å². The fourth-order valence-electron chi connectivity index (χ4n) is 2.43. The molecule has 0 spiro atoms. The smallest absolute Gasteiger partial charge is 0.0524 e. The van der Waals surface area contributed by atoms with Crippen molar-refractivity contribution < 1.29 is 5.11 Å². The second kappa shape index (κ2) is 3.95. The molecule has 0 amide bonds. The average Bonchev–Trinajstić information content (AvgIpc) is 2.17. The number of piperidine rings is 2. The Morgan fingerprint density at radius 1 is 1.54 bits per heavy atom. The monoisotopic (exact) mass is 184 g/mol. The summed E-state index contributed by atoms with van der Waals surface area (Å²) >= 11 is 0. The zero-order valence-corrected chi connectivity index (χ0v) is 8.37. The molecule has 3 aliphatic heterocycles. The SMILES string of the molecule is CC(O)CCN1CC2CCC1CN2. The number of nitrogens with one attached hydrogen (secondary N) is 1. The van der Waals surface area contributed by atoms with Crippen molar-refractivity contribution in [1.82, 2.24) is 10.2 Å². The van der Waals surface area contributed by atoms with Crippen molar-refractivity contribution in [1.29, 1.82) is 0 Å². The van der Waals surface area contributed by atoms with Crippen molar-refractivity contribution in [2.24, 2.45) is 0 Å². The third-order valence-electron chi connectivity index (χ3n) is 3.30. The molecule has 3 heteroatoms. The van der Waals surface area contributed by atoms with Crippen LogP contribution < -0.4 is 5.32 Å². The number of rotatable bonds is 3. The Bertz CT molecular complexity index is 164. The predicted molar refractivity (Wildman–Crippen MR) is 52.7 cm³/mol. The molecule has 0 aromatic rings. The van der Waals surface area contributed by atoms with Gasteiger partial charge in [-0.2, -0.15) is 0 Å². The number of aliphatic hydroxyl groups excluding tert-OH is 1. The minimum atomic E-state index is -0.145. The summed E-state index contributed by atoms with van der Waals surface area (Å²) in [4.78, 5) is 2.54. The van der Waals surface area contributed by atoms with E-state index < -0.39 is 0 Å². The largest absolute Gasteiger partial charge is 0.393 e. The predicted octanol–water partition coefficient (Wildman–Crippen LogP) is 0.193. The number of hydrogen-bond donors (Lipinski definition) is 2. The van der Waals surface area contributed by atoms with Crippen LogP contribution in [-0.4, -0.2) is 47.8 Å². The first-order valence-corrected chi connectivity index (χ1v) is 5.41. The molecule has 0 radical (unpaired) electrons. The van der Waals surface area contributed by atoms with E-state index in [1.807, 2.05) is 6.92 Å². The highest BCUT2D eigenvalue weighted by Crippen LogP contribution is 2.22. The van der Waals surface area contributed by atoms with Crippen LogP contribution in [-0.2, 0) is 0 Å². The molecule has 3 aliphatic rings. The Balaban J connectivity index is 1.80. The first kappa shape index (κ1) is 9.44. The fourth-order valence-corrected chi connectivity index (χ4v) is 2.43. The molecule has 0 aliphatic carbocycles. The molecule has 0 saturated carbocycles. The molecule has 76 valence electrons. The van der Waals surface area contributed by atoms with Gasteiger partial charge in [-0.1, -0.05) is 0 Å². The van der Waals surface area contributed by atoms with Crippen LogP contribution in [0.3, 0.4) is 0 Å². The van der Waals surface area contributed by atoms with Gasteiger partial charge < -0.3 is 10.4 Å². The van der Waals surface area contributed by atoms with Crippen molar-refractivity contribution in [2.75, 3.05) is 19.6 Å². The Hall–Kier alpha value is -0.120. The van der Waals surface area contributed by atoms with Gasteiger partial charge in [0.1, 0.15) is 0 Å². The molecular weight excluding hydrogens is 164 g/mol. The summed E-state index contributed by atoms with van der Waals surface area (Å²) in [7, 11) is 0. The third kappa shape index (κ3) is 2.22. The maximum Gasteiger partial charge on any atom is 0.0524 e. The molecule has 3 fully saturated rings. The highest BCUT2D eigenvalue weighted by atomic mass is 16.3. The molecule has 3 heterocycles. The lowest BCUT2D eigenvalue weighted by Gasteiger charge is -2.46. The van der Waals surface area contributed by atoms with E-state index in [-0.39, 0.29) is 6.10 Å². The molecule has 3 unspecified atom stereocenters.